The average Bonchev–Trinajstić information content (AvgIpc) is 3.05. The molecule has 0 saturated carbocycles. The molecule has 1 fully saturated rings. The number of carbonyl (C=O) groups excluding carboxylic acids is 2. The number of aliphatic hydroxyl groups excluding tert-OH is 1. The number of ketones is 1. The van der Waals surface area contributed by atoms with E-state index in [0.29, 0.717) is 11.3 Å². The van der Waals surface area contributed by atoms with Gasteiger partial charge in [-0.1, -0.05) is 46.3 Å². The van der Waals surface area contributed by atoms with Crippen LogP contribution in [0.3, 0.4) is 0 Å². The predicted molar refractivity (Wildman–Crippen MR) is 118 cm³/mol. The minimum absolute atomic E-state index is 0.00401. The molecule has 1 aliphatic heterocycles. The number of methoxy groups -OCH3 is 1. The lowest BCUT2D eigenvalue weighted by Gasteiger charge is -2.25. The lowest BCUT2D eigenvalue weighted by Crippen LogP contribution is -2.29. The van der Waals surface area contributed by atoms with Gasteiger partial charge in [-0.3, -0.25) is 14.5 Å². The number of aliphatic hydroxyl groups is 1. The Hall–Kier alpha value is -3.45. The van der Waals surface area contributed by atoms with Crippen molar-refractivity contribution in [2.24, 2.45) is 0 Å². The molecule has 0 spiro atoms. The minimum atomic E-state index is -0.900. The van der Waals surface area contributed by atoms with Gasteiger partial charge < -0.3 is 9.84 Å². The van der Waals surface area contributed by atoms with Gasteiger partial charge >= 0.3 is 0 Å². The molecule has 5 nitrogen and oxygen atoms in total. The van der Waals surface area contributed by atoms with E-state index in [4.69, 9.17) is 4.74 Å². The molecule has 1 heterocycles. The van der Waals surface area contributed by atoms with Crippen LogP contribution < -0.4 is 9.64 Å². The van der Waals surface area contributed by atoms with E-state index in [1.807, 2.05) is 0 Å². The predicted octanol–water partition coefficient (Wildman–Crippen LogP) is 5.22. The molecule has 3 aromatic rings. The monoisotopic (exact) mass is 481 g/mol. The molecule has 1 unspecified atom stereocenters. The second kappa shape index (κ2) is 8.35. The summed E-state index contributed by atoms with van der Waals surface area (Å²) in [5, 5.41) is 11.1. The zero-order valence-corrected chi connectivity index (χ0v) is 18.0. The molecule has 0 bridgehead atoms. The van der Waals surface area contributed by atoms with Crippen LogP contribution in [-0.4, -0.2) is 23.9 Å². The number of hydrogen-bond donors (Lipinski definition) is 1. The van der Waals surface area contributed by atoms with Gasteiger partial charge in [0.15, 0.2) is 0 Å². The molecule has 0 aliphatic carbocycles. The summed E-state index contributed by atoms with van der Waals surface area (Å²) >= 11 is 3.38. The lowest BCUT2D eigenvalue weighted by molar-refractivity contribution is -0.132. The Morgan fingerprint density at radius 1 is 1.03 bits per heavy atom. The summed E-state index contributed by atoms with van der Waals surface area (Å²) in [6.07, 6.45) is 0. The smallest absolute Gasteiger partial charge is 0.300 e. The summed E-state index contributed by atoms with van der Waals surface area (Å²) in [7, 11) is 1.37. The van der Waals surface area contributed by atoms with Crippen LogP contribution in [0.4, 0.5) is 10.1 Å². The SMILES string of the molecule is COc1ccc(F)cc1/C(O)=C1\C(=O)C(=O)N(c2ccccc2)C1c1ccc(Br)cc1. The van der Waals surface area contributed by atoms with Crippen molar-refractivity contribution in [2.75, 3.05) is 12.0 Å². The van der Waals surface area contributed by atoms with Gasteiger partial charge in [-0.05, 0) is 48.0 Å². The zero-order chi connectivity index (χ0) is 22.1. The number of hydrogen-bond acceptors (Lipinski definition) is 4. The van der Waals surface area contributed by atoms with Crippen molar-refractivity contribution in [1.82, 2.24) is 0 Å². The Bertz CT molecular complexity index is 1190. The van der Waals surface area contributed by atoms with Gasteiger partial charge in [0.25, 0.3) is 11.7 Å². The van der Waals surface area contributed by atoms with Gasteiger partial charge in [-0.2, -0.15) is 0 Å². The van der Waals surface area contributed by atoms with Gasteiger partial charge in [-0.25, -0.2) is 4.39 Å². The van der Waals surface area contributed by atoms with E-state index in [2.05, 4.69) is 15.9 Å². The van der Waals surface area contributed by atoms with Crippen LogP contribution >= 0.6 is 15.9 Å². The van der Waals surface area contributed by atoms with Crippen molar-refractivity contribution < 1.29 is 23.8 Å². The summed E-state index contributed by atoms with van der Waals surface area (Å²) in [4.78, 5) is 27.5. The quantitative estimate of drug-likeness (QED) is 0.315. The van der Waals surface area contributed by atoms with Crippen LogP contribution in [0.15, 0.2) is 82.8 Å². The first kappa shape index (κ1) is 20.8. The van der Waals surface area contributed by atoms with E-state index in [1.165, 1.54) is 24.1 Å². The van der Waals surface area contributed by atoms with Crippen LogP contribution in [0, 0.1) is 5.82 Å². The van der Waals surface area contributed by atoms with Gasteiger partial charge in [0.1, 0.15) is 17.3 Å². The summed E-state index contributed by atoms with van der Waals surface area (Å²) in [6.45, 7) is 0. The van der Waals surface area contributed by atoms with E-state index in [0.717, 1.165) is 10.5 Å². The molecule has 1 saturated heterocycles. The Labute approximate surface area is 186 Å². The summed E-state index contributed by atoms with van der Waals surface area (Å²) in [5.41, 5.74) is 0.974. The van der Waals surface area contributed by atoms with Gasteiger partial charge in [-0.15, -0.1) is 0 Å². The molecular weight excluding hydrogens is 465 g/mol. The van der Waals surface area contributed by atoms with Crippen molar-refractivity contribution in [2.45, 2.75) is 6.04 Å². The first-order valence-electron chi connectivity index (χ1n) is 9.38. The molecule has 0 radical (unpaired) electrons. The molecule has 1 N–H and O–H groups in total. The van der Waals surface area contributed by atoms with Crippen LogP contribution in [0.1, 0.15) is 17.2 Å². The fraction of sp³-hybridized carbons (Fsp3) is 0.0833. The fourth-order valence-corrected chi connectivity index (χ4v) is 3.92. The molecule has 156 valence electrons. The normalized spacial score (nSPS) is 17.8. The third kappa shape index (κ3) is 3.72. The number of anilines is 1. The maximum absolute atomic E-state index is 14.0. The van der Waals surface area contributed by atoms with Gasteiger partial charge in [0.05, 0.1) is 24.3 Å². The Kier molecular flexibility index (Phi) is 5.61. The highest BCUT2D eigenvalue weighted by Gasteiger charge is 2.47. The third-order valence-electron chi connectivity index (χ3n) is 5.08. The molecular formula is C24H17BrFNO4. The molecule has 7 heteroatoms. The molecule has 1 amide bonds. The minimum Gasteiger partial charge on any atom is -0.507 e. The van der Waals surface area contributed by atoms with E-state index >= 15 is 0 Å². The number of rotatable bonds is 4. The Morgan fingerprint density at radius 3 is 2.35 bits per heavy atom. The van der Waals surface area contributed by atoms with Crippen LogP contribution in [0.25, 0.3) is 5.76 Å². The lowest BCUT2D eigenvalue weighted by atomic mass is 9.95. The number of Topliss-reactive ketones (excluding diaryl/α,β-unsaturated/α-hetero) is 1. The van der Waals surface area contributed by atoms with Crippen molar-refractivity contribution in [1.29, 1.82) is 0 Å². The molecule has 31 heavy (non-hydrogen) atoms. The first-order valence-corrected chi connectivity index (χ1v) is 10.2. The summed E-state index contributed by atoms with van der Waals surface area (Å²) < 4.78 is 20.0. The summed E-state index contributed by atoms with van der Waals surface area (Å²) in [5.74, 6) is -2.57. The number of halogens is 2. The van der Waals surface area contributed by atoms with Crippen LogP contribution in [0.5, 0.6) is 5.75 Å². The second-order valence-electron chi connectivity index (χ2n) is 6.90. The highest BCUT2D eigenvalue weighted by molar-refractivity contribution is 9.10. The molecule has 0 aromatic heterocycles. The number of amides is 1. The zero-order valence-electron chi connectivity index (χ0n) is 16.4. The molecule has 1 atom stereocenters. The van der Waals surface area contributed by atoms with Crippen molar-refractivity contribution in [3.05, 3.63) is 99.8 Å². The van der Waals surface area contributed by atoms with Crippen LogP contribution in [-0.2, 0) is 9.59 Å². The van der Waals surface area contributed by atoms with E-state index < -0.39 is 29.3 Å². The average molecular weight is 482 g/mol. The molecule has 3 aromatic carbocycles. The van der Waals surface area contributed by atoms with E-state index in [9.17, 15) is 19.1 Å². The Morgan fingerprint density at radius 2 is 1.71 bits per heavy atom. The number of carbonyl (C=O) groups is 2. The third-order valence-corrected chi connectivity index (χ3v) is 5.61. The number of para-hydroxylation sites is 1. The van der Waals surface area contributed by atoms with Crippen LogP contribution in [0.2, 0.25) is 0 Å². The maximum atomic E-state index is 14.0. The van der Waals surface area contributed by atoms with Gasteiger partial charge in [0, 0.05) is 10.2 Å². The van der Waals surface area contributed by atoms with Crippen molar-refractivity contribution >= 4 is 39.1 Å². The number of ether oxygens (including phenoxy) is 1. The standard InChI is InChI=1S/C24H17BrFNO4/c1-31-19-12-11-16(26)13-18(19)22(28)20-21(14-7-9-15(25)10-8-14)27(24(30)23(20)29)17-5-3-2-4-6-17/h2-13,21,28H,1H3/b22-20+. The summed E-state index contributed by atoms with van der Waals surface area (Å²) in [6, 6.07) is 18.5. The second-order valence-corrected chi connectivity index (χ2v) is 7.82. The highest BCUT2D eigenvalue weighted by Crippen LogP contribution is 2.43. The van der Waals surface area contributed by atoms with Crippen molar-refractivity contribution in [3.8, 4) is 5.75 Å². The highest BCUT2D eigenvalue weighted by atomic mass is 79.9. The fourth-order valence-electron chi connectivity index (χ4n) is 3.66. The maximum Gasteiger partial charge on any atom is 0.300 e. The number of nitrogens with zero attached hydrogens (tertiary/aromatic N) is 1. The van der Waals surface area contributed by atoms with E-state index in [-0.39, 0.29) is 16.9 Å². The van der Waals surface area contributed by atoms with Gasteiger partial charge in [0.2, 0.25) is 0 Å². The Balaban J connectivity index is 1.98. The first-order chi connectivity index (χ1) is 14.9. The molecule has 1 aliphatic rings. The largest absolute Gasteiger partial charge is 0.507 e. The van der Waals surface area contributed by atoms with E-state index in [1.54, 1.807) is 54.6 Å². The molecule has 4 rings (SSSR count). The topological polar surface area (TPSA) is 66.8 Å². The number of benzene rings is 3. The van der Waals surface area contributed by atoms with Crippen molar-refractivity contribution in [3.63, 3.8) is 0 Å².